The summed E-state index contributed by atoms with van der Waals surface area (Å²) < 4.78 is 216. The predicted octanol–water partition coefficient (Wildman–Crippen LogP) is 4.19. The molecule has 5 atom stereocenters. The minimum absolute atomic E-state index is 0.218. The Morgan fingerprint density at radius 3 is 1.27 bits per heavy atom. The number of rotatable bonds is 11. The molecule has 0 aromatic heterocycles. The second kappa shape index (κ2) is 13.2. The number of carbonyl (C=O) groups excluding carboxylic acids is 3. The molecule has 5 unspecified atom stereocenters. The first-order chi connectivity index (χ1) is 19.9. The maximum atomic E-state index is 13.7. The van der Waals surface area contributed by atoms with Crippen molar-refractivity contribution < 1.29 is 114 Å². The molecule has 0 saturated carbocycles. The Hall–Kier alpha value is -3.25. The summed E-state index contributed by atoms with van der Waals surface area (Å²) in [5.74, 6) is -34.9. The van der Waals surface area contributed by atoms with Gasteiger partial charge in [-0.2, -0.15) is 65.9 Å². The average Bonchev–Trinajstić information content (AvgIpc) is 2.83. The van der Waals surface area contributed by atoms with Crippen molar-refractivity contribution in [2.75, 3.05) is 6.61 Å². The molecule has 45 heavy (non-hydrogen) atoms. The largest absolute Gasteiger partial charge is 0.479 e. The average molecular weight is 702 g/mol. The van der Waals surface area contributed by atoms with E-state index in [1.54, 1.807) is 0 Å². The van der Waals surface area contributed by atoms with Crippen LogP contribution in [0.5, 0.6) is 0 Å². The highest BCUT2D eigenvalue weighted by Crippen LogP contribution is 2.42. The third kappa shape index (κ3) is 8.72. The molecule has 1 aliphatic rings. The molecule has 1 N–H and O–H groups in total. The maximum absolute atomic E-state index is 13.7. The number of hydrogen-bond donors (Lipinski definition) is 1. The summed E-state index contributed by atoms with van der Waals surface area (Å²) in [7, 11) is 0. The van der Waals surface area contributed by atoms with E-state index in [9.17, 15) is 90.1 Å². The van der Waals surface area contributed by atoms with Crippen LogP contribution in [0.2, 0.25) is 0 Å². The van der Waals surface area contributed by atoms with E-state index in [0.717, 1.165) is 0 Å². The molecule has 0 aliphatic carbocycles. The van der Waals surface area contributed by atoms with Gasteiger partial charge in [0.25, 0.3) is 0 Å². The number of halogens is 15. The standard InChI is InChI=1S/C20H17F15O10/c1-5(2)3-4-41-11-9(45-14(40)17(25,26)20(33,34)35)7(44-13(39)16(23,24)19(30,31)32)6(8(42-11)10(36)37)43-12(38)15(21,22)18(27,28)29/h5-9,11H,3-4H2,1-2H3,(H,36,37). The third-order valence-corrected chi connectivity index (χ3v) is 5.28. The Morgan fingerprint density at radius 1 is 0.622 bits per heavy atom. The predicted molar refractivity (Wildman–Crippen MR) is 104 cm³/mol. The second-order valence-electron chi connectivity index (χ2n) is 9.14. The Balaban J connectivity index is 3.92. The number of carbonyl (C=O) groups is 4. The van der Waals surface area contributed by atoms with Gasteiger partial charge in [-0.25, -0.2) is 19.2 Å². The molecule has 1 heterocycles. The van der Waals surface area contributed by atoms with Gasteiger partial charge >= 0.3 is 60.2 Å². The third-order valence-electron chi connectivity index (χ3n) is 5.28. The van der Waals surface area contributed by atoms with Crippen molar-refractivity contribution in [1.82, 2.24) is 0 Å². The molecule has 262 valence electrons. The molecule has 0 aromatic rings. The summed E-state index contributed by atoms with van der Waals surface area (Å²) in [5, 5.41) is 9.33. The smallest absolute Gasteiger partial charge is 0.465 e. The van der Waals surface area contributed by atoms with Crippen LogP contribution in [0.4, 0.5) is 65.9 Å². The van der Waals surface area contributed by atoms with E-state index in [2.05, 4.69) is 18.9 Å². The van der Waals surface area contributed by atoms with Crippen molar-refractivity contribution in [1.29, 1.82) is 0 Å². The van der Waals surface area contributed by atoms with Crippen molar-refractivity contribution in [2.45, 2.75) is 87.3 Å². The summed E-state index contributed by atoms with van der Waals surface area (Å²) in [6.07, 6.45) is -38.9. The number of alkyl halides is 15. The minimum Gasteiger partial charge on any atom is -0.479 e. The molecule has 1 rings (SSSR count). The zero-order valence-corrected chi connectivity index (χ0v) is 21.7. The topological polar surface area (TPSA) is 135 Å². The number of hydrogen-bond acceptors (Lipinski definition) is 9. The highest BCUT2D eigenvalue weighted by Gasteiger charge is 2.70. The van der Waals surface area contributed by atoms with Crippen molar-refractivity contribution in [2.24, 2.45) is 5.92 Å². The summed E-state index contributed by atoms with van der Waals surface area (Å²) >= 11 is 0. The normalized spacial score (nSPS) is 23.8. The fourth-order valence-corrected chi connectivity index (χ4v) is 2.89. The monoisotopic (exact) mass is 702 g/mol. The first-order valence-corrected chi connectivity index (χ1v) is 11.4. The first-order valence-electron chi connectivity index (χ1n) is 11.4. The molecule has 0 amide bonds. The van der Waals surface area contributed by atoms with E-state index in [-0.39, 0.29) is 6.42 Å². The van der Waals surface area contributed by atoms with Gasteiger partial charge in [0.1, 0.15) is 0 Å². The van der Waals surface area contributed by atoms with Gasteiger partial charge in [0.15, 0.2) is 30.7 Å². The van der Waals surface area contributed by atoms with Gasteiger partial charge in [0, 0.05) is 0 Å². The lowest BCUT2D eigenvalue weighted by Gasteiger charge is -2.43. The van der Waals surface area contributed by atoms with Gasteiger partial charge in [-0.3, -0.25) is 0 Å². The molecular weight excluding hydrogens is 685 g/mol. The van der Waals surface area contributed by atoms with Gasteiger partial charge in [-0.1, -0.05) is 13.8 Å². The molecule has 1 fully saturated rings. The lowest BCUT2D eigenvalue weighted by atomic mass is 9.97. The van der Waals surface area contributed by atoms with E-state index in [4.69, 9.17) is 4.74 Å². The van der Waals surface area contributed by atoms with Crippen LogP contribution >= 0.6 is 0 Å². The summed E-state index contributed by atoms with van der Waals surface area (Å²) in [4.78, 5) is 46.9. The van der Waals surface area contributed by atoms with Crippen molar-refractivity contribution in [3.63, 3.8) is 0 Å². The molecule has 0 radical (unpaired) electrons. The highest BCUT2D eigenvalue weighted by atomic mass is 19.4. The van der Waals surface area contributed by atoms with Crippen molar-refractivity contribution in [3.8, 4) is 0 Å². The number of carboxylic acids is 1. The lowest BCUT2D eigenvalue weighted by molar-refractivity contribution is -0.329. The molecular formula is C20H17F15O10. The Labute approximate surface area is 238 Å². The molecule has 0 spiro atoms. The highest BCUT2D eigenvalue weighted by molar-refractivity contribution is 5.82. The molecule has 10 nitrogen and oxygen atoms in total. The number of aliphatic carboxylic acids is 1. The van der Waals surface area contributed by atoms with E-state index < -0.39 is 103 Å². The number of ether oxygens (including phenoxy) is 5. The Kier molecular flexibility index (Phi) is 11.7. The van der Waals surface area contributed by atoms with Crippen LogP contribution in [0.15, 0.2) is 0 Å². The van der Waals surface area contributed by atoms with Gasteiger partial charge in [-0.05, 0) is 12.3 Å². The fourth-order valence-electron chi connectivity index (χ4n) is 2.89. The van der Waals surface area contributed by atoms with Gasteiger partial charge in [0.05, 0.1) is 6.61 Å². The van der Waals surface area contributed by atoms with Crippen LogP contribution in [0.3, 0.4) is 0 Å². The van der Waals surface area contributed by atoms with Crippen LogP contribution in [-0.2, 0) is 42.9 Å². The zero-order valence-electron chi connectivity index (χ0n) is 21.7. The summed E-state index contributed by atoms with van der Waals surface area (Å²) in [6, 6.07) is 0. The Bertz CT molecular complexity index is 1100. The molecule has 0 bridgehead atoms. The number of carboxylic acid groups (broad SMARTS) is 1. The van der Waals surface area contributed by atoms with Crippen LogP contribution < -0.4 is 0 Å². The SMILES string of the molecule is CC(C)CCOC1OC(C(=O)O)C(OC(=O)C(F)(F)C(F)(F)F)C(OC(=O)C(F)(F)C(F)(F)F)C1OC(=O)C(F)(F)C(F)(F)F. The van der Waals surface area contributed by atoms with E-state index >= 15 is 0 Å². The van der Waals surface area contributed by atoms with Crippen molar-refractivity contribution >= 4 is 23.9 Å². The molecule has 0 aromatic carbocycles. The van der Waals surface area contributed by atoms with Crippen molar-refractivity contribution in [3.05, 3.63) is 0 Å². The number of esters is 3. The van der Waals surface area contributed by atoms with Crippen LogP contribution in [0, 0.1) is 5.92 Å². The molecule has 25 heteroatoms. The maximum Gasteiger partial charge on any atom is 0.465 e. The van der Waals surface area contributed by atoms with Gasteiger partial charge in [0.2, 0.25) is 0 Å². The van der Waals surface area contributed by atoms with Gasteiger partial charge < -0.3 is 28.8 Å². The summed E-state index contributed by atoms with van der Waals surface area (Å²) in [6.45, 7) is 1.99. The minimum atomic E-state index is -6.94. The van der Waals surface area contributed by atoms with E-state index in [1.165, 1.54) is 13.8 Å². The quantitative estimate of drug-likeness (QED) is 0.190. The first kappa shape index (κ1) is 39.8. The van der Waals surface area contributed by atoms with E-state index in [1.807, 2.05) is 0 Å². The van der Waals surface area contributed by atoms with Crippen LogP contribution in [-0.4, -0.2) is 103 Å². The molecule has 1 aliphatic heterocycles. The van der Waals surface area contributed by atoms with Crippen LogP contribution in [0.25, 0.3) is 0 Å². The Morgan fingerprint density at radius 2 is 0.956 bits per heavy atom. The van der Waals surface area contributed by atoms with Crippen LogP contribution in [0.1, 0.15) is 20.3 Å². The fraction of sp³-hybridized carbons (Fsp3) is 0.800. The van der Waals surface area contributed by atoms with E-state index in [0.29, 0.717) is 0 Å². The second-order valence-corrected chi connectivity index (χ2v) is 9.14. The lowest BCUT2D eigenvalue weighted by Crippen LogP contribution is -2.66. The summed E-state index contributed by atoms with van der Waals surface area (Å²) in [5.41, 5.74) is 0. The zero-order chi connectivity index (χ0) is 35.7. The van der Waals surface area contributed by atoms with Gasteiger partial charge in [-0.15, -0.1) is 0 Å². The molecule has 1 saturated heterocycles.